The zero-order valence-electron chi connectivity index (χ0n) is 7.04. The highest BCUT2D eigenvalue weighted by molar-refractivity contribution is 5.74. The molecule has 2 rings (SSSR count). The molecule has 0 bridgehead atoms. The molecule has 1 aromatic rings. The normalized spacial score (nSPS) is 17.2. The molecule has 0 radical (unpaired) electrons. The minimum absolute atomic E-state index is 1.16. The molecule has 12 heavy (non-hydrogen) atoms. The molecule has 0 saturated heterocycles. The molecule has 0 aromatic heterocycles. The summed E-state index contributed by atoms with van der Waals surface area (Å²) >= 11 is 0. The number of anilines is 1. The molecule has 1 aliphatic heterocycles. The Morgan fingerprint density at radius 1 is 1.17 bits per heavy atom. The molecule has 1 aliphatic rings. The summed E-state index contributed by atoms with van der Waals surface area (Å²) in [6, 6.07) is 8.28. The standard InChI is InChI=1S/C11H11N/c1-2-10-8-7-9-5-3-4-6-11(9)12-10/h2-8,12H,1H3/b10-2+. The molecule has 1 nitrogen and oxygen atoms in total. The fourth-order valence-corrected chi connectivity index (χ4v) is 1.30. The molecule has 0 atom stereocenters. The SMILES string of the molecule is C/C=C1\C=Cc2ccccc2N1. The molecule has 1 heteroatoms. The van der Waals surface area contributed by atoms with Crippen LogP contribution in [-0.4, -0.2) is 0 Å². The van der Waals surface area contributed by atoms with Crippen LogP contribution < -0.4 is 5.32 Å². The molecule has 1 N–H and O–H groups in total. The molecule has 0 saturated carbocycles. The number of nitrogens with one attached hydrogen (secondary N) is 1. The van der Waals surface area contributed by atoms with E-state index in [0.717, 1.165) is 5.70 Å². The van der Waals surface area contributed by atoms with Crippen molar-refractivity contribution in [2.75, 3.05) is 5.32 Å². The predicted molar refractivity (Wildman–Crippen MR) is 52.9 cm³/mol. The van der Waals surface area contributed by atoms with Gasteiger partial charge in [0.15, 0.2) is 0 Å². The van der Waals surface area contributed by atoms with Crippen LogP contribution in [0.3, 0.4) is 0 Å². The highest BCUT2D eigenvalue weighted by Crippen LogP contribution is 2.23. The highest BCUT2D eigenvalue weighted by Gasteiger charge is 2.03. The zero-order valence-corrected chi connectivity index (χ0v) is 7.04. The number of benzene rings is 1. The van der Waals surface area contributed by atoms with Crippen molar-refractivity contribution < 1.29 is 0 Å². The maximum absolute atomic E-state index is 3.32. The summed E-state index contributed by atoms with van der Waals surface area (Å²) in [4.78, 5) is 0. The van der Waals surface area contributed by atoms with E-state index in [9.17, 15) is 0 Å². The average molecular weight is 157 g/mol. The first-order chi connectivity index (χ1) is 5.90. The monoisotopic (exact) mass is 157 g/mol. The van der Waals surface area contributed by atoms with Gasteiger partial charge in [-0.05, 0) is 24.6 Å². The Labute approximate surface area is 72.4 Å². The lowest BCUT2D eigenvalue weighted by Gasteiger charge is -2.14. The van der Waals surface area contributed by atoms with E-state index in [1.165, 1.54) is 11.3 Å². The fourth-order valence-electron chi connectivity index (χ4n) is 1.30. The van der Waals surface area contributed by atoms with Crippen molar-refractivity contribution in [2.45, 2.75) is 6.92 Å². The van der Waals surface area contributed by atoms with E-state index in [0.29, 0.717) is 0 Å². The van der Waals surface area contributed by atoms with Crippen LogP contribution in [0.1, 0.15) is 12.5 Å². The Kier molecular flexibility index (Phi) is 1.71. The van der Waals surface area contributed by atoms with Crippen molar-refractivity contribution in [1.82, 2.24) is 0 Å². The van der Waals surface area contributed by atoms with Gasteiger partial charge in [0, 0.05) is 11.4 Å². The van der Waals surface area contributed by atoms with Crippen molar-refractivity contribution in [3.63, 3.8) is 0 Å². The van der Waals surface area contributed by atoms with Crippen molar-refractivity contribution in [3.8, 4) is 0 Å². The van der Waals surface area contributed by atoms with Crippen LogP contribution >= 0.6 is 0 Å². The van der Waals surface area contributed by atoms with Gasteiger partial charge in [-0.3, -0.25) is 0 Å². The van der Waals surface area contributed by atoms with Crippen molar-refractivity contribution in [3.05, 3.63) is 47.7 Å². The van der Waals surface area contributed by atoms with E-state index in [4.69, 9.17) is 0 Å². The summed E-state index contributed by atoms with van der Waals surface area (Å²) in [7, 11) is 0. The molecular formula is C11H11N. The van der Waals surface area contributed by atoms with Gasteiger partial charge < -0.3 is 5.32 Å². The van der Waals surface area contributed by atoms with E-state index in [-0.39, 0.29) is 0 Å². The Morgan fingerprint density at radius 3 is 2.83 bits per heavy atom. The Balaban J connectivity index is 2.46. The summed E-state index contributed by atoms with van der Waals surface area (Å²) < 4.78 is 0. The average Bonchev–Trinajstić information content (AvgIpc) is 2.17. The molecule has 0 fully saturated rings. The molecule has 0 spiro atoms. The smallest absolute Gasteiger partial charge is 0.0457 e. The van der Waals surface area contributed by atoms with Gasteiger partial charge in [-0.2, -0.15) is 0 Å². The molecule has 60 valence electrons. The van der Waals surface area contributed by atoms with E-state index in [1.54, 1.807) is 0 Å². The minimum Gasteiger partial charge on any atom is -0.355 e. The minimum atomic E-state index is 1.16. The summed E-state index contributed by atoms with van der Waals surface area (Å²) in [6.45, 7) is 2.03. The van der Waals surface area contributed by atoms with Gasteiger partial charge >= 0.3 is 0 Å². The van der Waals surface area contributed by atoms with Gasteiger partial charge in [-0.25, -0.2) is 0 Å². The molecule has 1 heterocycles. The van der Waals surface area contributed by atoms with Crippen molar-refractivity contribution in [1.29, 1.82) is 0 Å². The fraction of sp³-hybridized carbons (Fsp3) is 0.0909. The lowest BCUT2D eigenvalue weighted by molar-refractivity contribution is 1.41. The van der Waals surface area contributed by atoms with Gasteiger partial charge in [0.25, 0.3) is 0 Å². The van der Waals surface area contributed by atoms with Crippen LogP contribution in [0, 0.1) is 0 Å². The second-order valence-electron chi connectivity index (χ2n) is 2.79. The maximum Gasteiger partial charge on any atom is 0.0457 e. The number of allylic oxidation sites excluding steroid dienone is 2. The Bertz CT molecular complexity index is 348. The van der Waals surface area contributed by atoms with Crippen LogP contribution in [0.2, 0.25) is 0 Å². The van der Waals surface area contributed by atoms with Crippen LogP contribution in [-0.2, 0) is 0 Å². The summed E-state index contributed by atoms with van der Waals surface area (Å²) in [6.07, 6.45) is 6.27. The molecule has 0 unspecified atom stereocenters. The Morgan fingerprint density at radius 2 is 2.00 bits per heavy atom. The lowest BCUT2D eigenvalue weighted by Crippen LogP contribution is -2.01. The van der Waals surface area contributed by atoms with Crippen LogP contribution in [0.5, 0.6) is 0 Å². The molecule has 0 amide bonds. The van der Waals surface area contributed by atoms with Gasteiger partial charge in [-0.1, -0.05) is 30.4 Å². The third-order valence-corrected chi connectivity index (χ3v) is 1.99. The first-order valence-corrected chi connectivity index (χ1v) is 4.10. The lowest BCUT2D eigenvalue weighted by atomic mass is 10.1. The van der Waals surface area contributed by atoms with E-state index in [1.807, 2.05) is 19.1 Å². The van der Waals surface area contributed by atoms with Gasteiger partial charge in [-0.15, -0.1) is 0 Å². The number of fused-ring (bicyclic) bond motifs is 1. The quantitative estimate of drug-likeness (QED) is 0.610. The molecule has 1 aromatic carbocycles. The van der Waals surface area contributed by atoms with Crippen LogP contribution in [0.25, 0.3) is 6.08 Å². The number of hydrogen-bond acceptors (Lipinski definition) is 1. The zero-order chi connectivity index (χ0) is 8.39. The largest absolute Gasteiger partial charge is 0.355 e. The third-order valence-electron chi connectivity index (χ3n) is 1.99. The van der Waals surface area contributed by atoms with E-state index in [2.05, 4.69) is 35.7 Å². The number of rotatable bonds is 0. The van der Waals surface area contributed by atoms with Crippen LogP contribution in [0.4, 0.5) is 5.69 Å². The van der Waals surface area contributed by atoms with Crippen LogP contribution in [0.15, 0.2) is 42.1 Å². The second-order valence-corrected chi connectivity index (χ2v) is 2.79. The van der Waals surface area contributed by atoms with Gasteiger partial charge in [0.05, 0.1) is 0 Å². The summed E-state index contributed by atoms with van der Waals surface area (Å²) in [5, 5.41) is 3.32. The van der Waals surface area contributed by atoms with Crippen molar-refractivity contribution in [2.24, 2.45) is 0 Å². The number of para-hydroxylation sites is 1. The molecule has 0 aliphatic carbocycles. The highest BCUT2D eigenvalue weighted by atomic mass is 14.9. The van der Waals surface area contributed by atoms with E-state index >= 15 is 0 Å². The summed E-state index contributed by atoms with van der Waals surface area (Å²) in [5.41, 5.74) is 3.60. The van der Waals surface area contributed by atoms with E-state index < -0.39 is 0 Å². The maximum atomic E-state index is 3.32. The predicted octanol–water partition coefficient (Wildman–Crippen LogP) is 3.03. The number of hydrogen-bond donors (Lipinski definition) is 1. The topological polar surface area (TPSA) is 12.0 Å². The first-order valence-electron chi connectivity index (χ1n) is 4.10. The second kappa shape index (κ2) is 2.86. The van der Waals surface area contributed by atoms with Gasteiger partial charge in [0.2, 0.25) is 0 Å². The van der Waals surface area contributed by atoms with Gasteiger partial charge in [0.1, 0.15) is 0 Å². The molecular weight excluding hydrogens is 146 g/mol. The summed E-state index contributed by atoms with van der Waals surface area (Å²) in [5.74, 6) is 0. The Hall–Kier alpha value is -1.50. The third kappa shape index (κ3) is 1.14. The first kappa shape index (κ1) is 7.17. The van der Waals surface area contributed by atoms with Crippen molar-refractivity contribution >= 4 is 11.8 Å².